The van der Waals surface area contributed by atoms with E-state index in [1.807, 2.05) is 0 Å². The van der Waals surface area contributed by atoms with Gasteiger partial charge in [-0.15, -0.1) is 0 Å². The third-order valence-electron chi connectivity index (χ3n) is 3.56. The van der Waals surface area contributed by atoms with Gasteiger partial charge in [-0.3, -0.25) is 0 Å². The predicted molar refractivity (Wildman–Crippen MR) is 65.1 cm³/mol. The van der Waals surface area contributed by atoms with Crippen molar-refractivity contribution >= 4 is 0 Å². The van der Waals surface area contributed by atoms with Crippen LogP contribution >= 0.6 is 0 Å². The maximum Gasteiger partial charge on any atom is 0.416 e. The molecular formula is C14H18F3N. The molecule has 1 aromatic rings. The topological polar surface area (TPSA) is 12.0 Å². The standard InChI is InChI=1S/C14H18F3N/c15-14(16,17)13-6-4-12(5-7-13)10-18-9-8-11-2-1-3-11/h4-7,11,18H,1-3,8-10H2. The Balaban J connectivity index is 1.72. The molecule has 0 heterocycles. The minimum atomic E-state index is -4.24. The van der Waals surface area contributed by atoms with Crippen LogP contribution in [0.15, 0.2) is 24.3 Å². The van der Waals surface area contributed by atoms with Crippen LogP contribution < -0.4 is 5.32 Å². The summed E-state index contributed by atoms with van der Waals surface area (Å²) < 4.78 is 37.0. The van der Waals surface area contributed by atoms with Crippen LogP contribution in [0.5, 0.6) is 0 Å². The minimum Gasteiger partial charge on any atom is -0.313 e. The molecule has 1 saturated carbocycles. The average molecular weight is 257 g/mol. The monoisotopic (exact) mass is 257 g/mol. The van der Waals surface area contributed by atoms with Crippen LogP contribution in [0, 0.1) is 5.92 Å². The molecule has 1 aromatic carbocycles. The summed E-state index contributed by atoms with van der Waals surface area (Å²) in [5.41, 5.74) is 0.317. The summed E-state index contributed by atoms with van der Waals surface area (Å²) in [6.45, 7) is 1.59. The average Bonchev–Trinajstić information content (AvgIpc) is 2.26. The van der Waals surface area contributed by atoms with Gasteiger partial charge in [-0.1, -0.05) is 31.4 Å². The number of halogens is 3. The molecular weight excluding hydrogens is 239 g/mol. The Labute approximate surface area is 105 Å². The summed E-state index contributed by atoms with van der Waals surface area (Å²) in [6, 6.07) is 5.37. The number of benzene rings is 1. The smallest absolute Gasteiger partial charge is 0.313 e. The zero-order chi connectivity index (χ0) is 13.0. The Morgan fingerprint density at radius 2 is 1.78 bits per heavy atom. The molecule has 1 N–H and O–H groups in total. The molecule has 0 atom stereocenters. The summed E-state index contributed by atoms with van der Waals surface area (Å²) in [5, 5.41) is 3.28. The van der Waals surface area contributed by atoms with Crippen molar-refractivity contribution in [2.45, 2.75) is 38.4 Å². The fourth-order valence-electron chi connectivity index (χ4n) is 2.13. The van der Waals surface area contributed by atoms with Crippen molar-refractivity contribution in [3.8, 4) is 0 Å². The van der Waals surface area contributed by atoms with Crippen molar-refractivity contribution in [3.05, 3.63) is 35.4 Å². The van der Waals surface area contributed by atoms with Gasteiger partial charge >= 0.3 is 6.18 Å². The number of nitrogens with one attached hydrogen (secondary N) is 1. The Kier molecular flexibility index (Phi) is 4.27. The van der Waals surface area contributed by atoms with E-state index >= 15 is 0 Å². The summed E-state index contributed by atoms with van der Waals surface area (Å²) in [5.74, 6) is 0.866. The highest BCUT2D eigenvalue weighted by Crippen LogP contribution is 2.29. The van der Waals surface area contributed by atoms with Crippen LogP contribution in [0.2, 0.25) is 0 Å². The molecule has 1 nitrogen and oxygen atoms in total. The fourth-order valence-corrected chi connectivity index (χ4v) is 2.13. The van der Waals surface area contributed by atoms with Crippen molar-refractivity contribution in [3.63, 3.8) is 0 Å². The summed E-state index contributed by atoms with van der Waals surface area (Å²) in [7, 11) is 0. The van der Waals surface area contributed by atoms with E-state index < -0.39 is 11.7 Å². The van der Waals surface area contributed by atoms with Crippen molar-refractivity contribution in [1.29, 1.82) is 0 Å². The number of hydrogen-bond acceptors (Lipinski definition) is 1. The second-order valence-electron chi connectivity index (χ2n) is 4.96. The largest absolute Gasteiger partial charge is 0.416 e. The van der Waals surface area contributed by atoms with E-state index in [4.69, 9.17) is 0 Å². The van der Waals surface area contributed by atoms with Crippen LogP contribution in [0.25, 0.3) is 0 Å². The molecule has 1 aliphatic rings. The van der Waals surface area contributed by atoms with E-state index in [9.17, 15) is 13.2 Å². The molecule has 4 heteroatoms. The van der Waals surface area contributed by atoms with Gasteiger partial charge in [0.15, 0.2) is 0 Å². The molecule has 0 unspecified atom stereocenters. The van der Waals surface area contributed by atoms with E-state index in [1.54, 1.807) is 12.1 Å². The Morgan fingerprint density at radius 1 is 1.11 bits per heavy atom. The molecule has 0 spiro atoms. The van der Waals surface area contributed by atoms with Crippen molar-refractivity contribution in [2.75, 3.05) is 6.54 Å². The van der Waals surface area contributed by atoms with Gasteiger partial charge in [-0.2, -0.15) is 13.2 Å². The van der Waals surface area contributed by atoms with Crippen LogP contribution in [0.4, 0.5) is 13.2 Å². The lowest BCUT2D eigenvalue weighted by molar-refractivity contribution is -0.137. The lowest BCUT2D eigenvalue weighted by atomic mass is 9.83. The van der Waals surface area contributed by atoms with E-state index in [2.05, 4.69) is 5.32 Å². The van der Waals surface area contributed by atoms with Crippen LogP contribution in [-0.2, 0) is 12.7 Å². The first-order chi connectivity index (χ1) is 8.55. The SMILES string of the molecule is FC(F)(F)c1ccc(CNCCC2CCC2)cc1. The van der Waals surface area contributed by atoms with E-state index in [0.29, 0.717) is 6.54 Å². The van der Waals surface area contributed by atoms with Gasteiger partial charge in [0.25, 0.3) is 0 Å². The molecule has 0 aliphatic heterocycles. The van der Waals surface area contributed by atoms with Gasteiger partial charge in [0.05, 0.1) is 5.56 Å². The molecule has 1 fully saturated rings. The highest BCUT2D eigenvalue weighted by atomic mass is 19.4. The van der Waals surface area contributed by atoms with E-state index in [-0.39, 0.29) is 0 Å². The first-order valence-electron chi connectivity index (χ1n) is 6.42. The number of hydrogen-bond donors (Lipinski definition) is 1. The first kappa shape index (κ1) is 13.4. The lowest BCUT2D eigenvalue weighted by Crippen LogP contribution is -2.21. The second kappa shape index (κ2) is 5.74. The third kappa shape index (κ3) is 3.73. The normalized spacial score (nSPS) is 16.6. The molecule has 100 valence electrons. The van der Waals surface area contributed by atoms with Crippen molar-refractivity contribution < 1.29 is 13.2 Å². The molecule has 0 amide bonds. The van der Waals surface area contributed by atoms with Gasteiger partial charge in [0.1, 0.15) is 0 Å². The van der Waals surface area contributed by atoms with Crippen LogP contribution in [-0.4, -0.2) is 6.54 Å². The fraction of sp³-hybridized carbons (Fsp3) is 0.571. The molecule has 0 aromatic heterocycles. The maximum atomic E-state index is 12.3. The first-order valence-corrected chi connectivity index (χ1v) is 6.42. The number of alkyl halides is 3. The van der Waals surface area contributed by atoms with Crippen LogP contribution in [0.1, 0.15) is 36.8 Å². The van der Waals surface area contributed by atoms with E-state index in [0.717, 1.165) is 30.2 Å². The highest BCUT2D eigenvalue weighted by Gasteiger charge is 2.29. The highest BCUT2D eigenvalue weighted by molar-refractivity contribution is 5.24. The maximum absolute atomic E-state index is 12.3. The second-order valence-corrected chi connectivity index (χ2v) is 4.96. The quantitative estimate of drug-likeness (QED) is 0.787. The number of rotatable bonds is 5. The van der Waals surface area contributed by atoms with Crippen molar-refractivity contribution in [1.82, 2.24) is 5.32 Å². The summed E-state index contributed by atoms with van der Waals surface area (Å²) in [4.78, 5) is 0. The molecule has 0 radical (unpaired) electrons. The third-order valence-corrected chi connectivity index (χ3v) is 3.56. The molecule has 2 rings (SSSR count). The molecule has 0 bridgehead atoms. The van der Waals surface area contributed by atoms with Crippen molar-refractivity contribution in [2.24, 2.45) is 5.92 Å². The molecule has 18 heavy (non-hydrogen) atoms. The van der Waals surface area contributed by atoms with Gasteiger partial charge in [-0.05, 0) is 36.6 Å². The van der Waals surface area contributed by atoms with Gasteiger partial charge < -0.3 is 5.32 Å². The zero-order valence-corrected chi connectivity index (χ0v) is 10.3. The summed E-state index contributed by atoms with van der Waals surface area (Å²) >= 11 is 0. The summed E-state index contributed by atoms with van der Waals surface area (Å²) in [6.07, 6.45) is 0.963. The predicted octanol–water partition coefficient (Wildman–Crippen LogP) is 3.99. The van der Waals surface area contributed by atoms with Gasteiger partial charge in [0.2, 0.25) is 0 Å². The zero-order valence-electron chi connectivity index (χ0n) is 10.3. The Bertz CT molecular complexity index is 366. The van der Waals surface area contributed by atoms with Gasteiger partial charge in [-0.25, -0.2) is 0 Å². The lowest BCUT2D eigenvalue weighted by Gasteiger charge is -2.25. The molecule has 1 aliphatic carbocycles. The molecule has 0 saturated heterocycles. The Hall–Kier alpha value is -1.03. The van der Waals surface area contributed by atoms with Crippen LogP contribution in [0.3, 0.4) is 0 Å². The van der Waals surface area contributed by atoms with Gasteiger partial charge in [0, 0.05) is 6.54 Å². The van der Waals surface area contributed by atoms with E-state index in [1.165, 1.54) is 25.7 Å². The minimum absolute atomic E-state index is 0.583. The Morgan fingerprint density at radius 3 is 2.28 bits per heavy atom.